The second kappa shape index (κ2) is 15.8. The number of aromatic nitrogens is 5. The molecule has 2 aromatic carbocycles. The monoisotopic (exact) mass is 748 g/mol. The van der Waals surface area contributed by atoms with Crippen LogP contribution < -0.4 is 21.3 Å². The molecule has 3 aromatic heterocycles. The van der Waals surface area contributed by atoms with Crippen LogP contribution in [0.15, 0.2) is 88.6 Å². The molecule has 2 aliphatic heterocycles. The molecule has 5 heterocycles. The van der Waals surface area contributed by atoms with E-state index in [1.54, 1.807) is 31.2 Å². The maximum Gasteiger partial charge on any atom is 0.276 e. The first-order valence-electron chi connectivity index (χ1n) is 18.0. The molecule has 0 saturated carbocycles. The summed E-state index contributed by atoms with van der Waals surface area (Å²) in [4.78, 5) is 83.4. The number of benzene rings is 2. The Labute approximate surface area is 315 Å². The van der Waals surface area contributed by atoms with E-state index in [4.69, 9.17) is 8.83 Å². The van der Waals surface area contributed by atoms with Crippen molar-refractivity contribution >= 4 is 29.5 Å². The van der Waals surface area contributed by atoms with Crippen molar-refractivity contribution in [1.29, 1.82) is 0 Å². The van der Waals surface area contributed by atoms with E-state index in [1.165, 1.54) is 34.8 Å². The number of hydrogen-bond acceptors (Lipinski definition) is 11. The average molecular weight is 749 g/mol. The third kappa shape index (κ3) is 8.14. The number of para-hydroxylation sites is 1. The summed E-state index contributed by atoms with van der Waals surface area (Å²) < 4.78 is 12.9. The molecule has 55 heavy (non-hydrogen) atoms. The third-order valence-electron chi connectivity index (χ3n) is 9.47. The molecule has 7 rings (SSSR count). The molecule has 17 nitrogen and oxygen atoms in total. The Balaban J connectivity index is 1.23. The van der Waals surface area contributed by atoms with E-state index in [-0.39, 0.29) is 48.5 Å². The van der Waals surface area contributed by atoms with Crippen molar-refractivity contribution in [3.8, 4) is 5.69 Å². The smallest absolute Gasteiger partial charge is 0.276 e. The maximum atomic E-state index is 14.3. The number of carbonyl (C=O) groups is 5. The first-order valence-corrected chi connectivity index (χ1v) is 18.0. The summed E-state index contributed by atoms with van der Waals surface area (Å²) in [7, 11) is 0. The fourth-order valence-electron chi connectivity index (χ4n) is 6.79. The van der Waals surface area contributed by atoms with Gasteiger partial charge in [-0.3, -0.25) is 24.0 Å². The largest absolute Gasteiger partial charge is 0.446 e. The van der Waals surface area contributed by atoms with Crippen molar-refractivity contribution < 1.29 is 32.8 Å². The number of nitrogens with one attached hydrogen (secondary N) is 4. The Morgan fingerprint density at radius 1 is 0.891 bits per heavy atom. The van der Waals surface area contributed by atoms with Crippen LogP contribution in [-0.2, 0) is 16.0 Å². The molecule has 284 valence electrons. The molecule has 0 unspecified atom stereocenters. The molecule has 5 aromatic rings. The molecule has 4 bridgehead atoms. The van der Waals surface area contributed by atoms with Crippen LogP contribution in [0.3, 0.4) is 0 Å². The zero-order valence-electron chi connectivity index (χ0n) is 30.3. The van der Waals surface area contributed by atoms with E-state index in [9.17, 15) is 24.0 Å². The molecule has 0 radical (unpaired) electrons. The van der Waals surface area contributed by atoms with Gasteiger partial charge in [-0.25, -0.2) is 19.6 Å². The average Bonchev–Trinajstić information content (AvgIpc) is 4.01. The zero-order valence-corrected chi connectivity index (χ0v) is 30.3. The van der Waals surface area contributed by atoms with Gasteiger partial charge >= 0.3 is 0 Å². The summed E-state index contributed by atoms with van der Waals surface area (Å²) in [6.07, 6.45) is 5.79. The number of fused-ring (bicyclic) bond motifs is 5. The van der Waals surface area contributed by atoms with Gasteiger partial charge in [0.05, 0.1) is 11.3 Å². The molecular weight excluding hydrogens is 708 g/mol. The van der Waals surface area contributed by atoms with Crippen LogP contribution in [0.4, 0.5) is 0 Å². The number of amides is 5. The minimum atomic E-state index is -1.08. The van der Waals surface area contributed by atoms with Gasteiger partial charge < -0.3 is 35.0 Å². The van der Waals surface area contributed by atoms with Gasteiger partial charge in [0.25, 0.3) is 17.7 Å². The molecule has 0 spiro atoms. The van der Waals surface area contributed by atoms with Crippen LogP contribution >= 0.6 is 0 Å². The number of nitrogens with zero attached hydrogens (tertiary/aromatic N) is 6. The minimum Gasteiger partial charge on any atom is -0.446 e. The van der Waals surface area contributed by atoms with Crippen molar-refractivity contribution in [2.75, 3.05) is 6.54 Å². The Morgan fingerprint density at radius 3 is 2.38 bits per heavy atom. The van der Waals surface area contributed by atoms with Gasteiger partial charge in [-0.15, -0.1) is 0 Å². The van der Waals surface area contributed by atoms with Crippen molar-refractivity contribution in [3.63, 3.8) is 0 Å². The predicted molar refractivity (Wildman–Crippen MR) is 193 cm³/mol. The fourth-order valence-corrected chi connectivity index (χ4v) is 6.79. The van der Waals surface area contributed by atoms with Gasteiger partial charge in [0.2, 0.25) is 23.6 Å². The molecule has 5 atom stereocenters. The van der Waals surface area contributed by atoms with E-state index < -0.39 is 59.7 Å². The summed E-state index contributed by atoms with van der Waals surface area (Å²) in [6.45, 7) is 5.44. The first-order chi connectivity index (χ1) is 26.5. The van der Waals surface area contributed by atoms with Crippen molar-refractivity contribution in [3.05, 3.63) is 114 Å². The number of rotatable bonds is 7. The van der Waals surface area contributed by atoms with E-state index in [0.29, 0.717) is 17.7 Å². The molecule has 4 N–H and O–H groups in total. The van der Waals surface area contributed by atoms with E-state index in [2.05, 4.69) is 41.3 Å². The van der Waals surface area contributed by atoms with E-state index in [1.807, 2.05) is 44.2 Å². The Morgan fingerprint density at radius 2 is 1.62 bits per heavy atom. The second-order valence-electron chi connectivity index (χ2n) is 14.0. The predicted octanol–water partition coefficient (Wildman–Crippen LogP) is 2.69. The van der Waals surface area contributed by atoms with Crippen molar-refractivity contribution in [2.24, 2.45) is 5.92 Å². The molecule has 5 amide bonds. The lowest BCUT2D eigenvalue weighted by molar-refractivity contribution is -0.126. The molecule has 1 fully saturated rings. The van der Waals surface area contributed by atoms with E-state index in [0.717, 1.165) is 5.56 Å². The van der Waals surface area contributed by atoms with Crippen LogP contribution in [0.1, 0.15) is 94.4 Å². The Bertz CT molecular complexity index is 2180. The van der Waals surface area contributed by atoms with Crippen molar-refractivity contribution in [2.45, 2.75) is 70.2 Å². The topological polar surface area (TPSA) is 219 Å². The fraction of sp³-hybridized carbons (Fsp3) is 0.342. The van der Waals surface area contributed by atoms with Gasteiger partial charge in [0.15, 0.2) is 11.4 Å². The van der Waals surface area contributed by atoms with Crippen LogP contribution in [-0.4, -0.2) is 83.8 Å². The maximum absolute atomic E-state index is 14.3. The normalized spacial score (nSPS) is 22.0. The van der Waals surface area contributed by atoms with Gasteiger partial charge in [-0.2, -0.15) is 5.10 Å². The summed E-state index contributed by atoms with van der Waals surface area (Å²) in [5.74, 6) is -2.57. The van der Waals surface area contributed by atoms with Gasteiger partial charge in [0.1, 0.15) is 49.3 Å². The summed E-state index contributed by atoms with van der Waals surface area (Å²) in [5.41, 5.74) is 1.48. The van der Waals surface area contributed by atoms with E-state index >= 15 is 0 Å². The molecule has 1 saturated heterocycles. The summed E-state index contributed by atoms with van der Waals surface area (Å²) in [6, 6.07) is 11.9. The van der Waals surface area contributed by atoms with Gasteiger partial charge in [-0.05, 0) is 43.4 Å². The molecule has 0 aliphatic carbocycles. The highest BCUT2D eigenvalue weighted by Gasteiger charge is 2.43. The molecule has 17 heteroatoms. The molecule has 2 aliphatic rings. The van der Waals surface area contributed by atoms with Crippen LogP contribution in [0, 0.1) is 5.92 Å². The quantitative estimate of drug-likeness (QED) is 0.190. The van der Waals surface area contributed by atoms with Crippen LogP contribution in [0.2, 0.25) is 0 Å². The highest BCUT2D eigenvalue weighted by atomic mass is 16.3. The molecular formula is C38H40N10O7. The number of carbonyl (C=O) groups excluding carboxylic acids is 5. The number of hydrogen-bond donors (Lipinski definition) is 4. The Kier molecular flexibility index (Phi) is 10.5. The lowest BCUT2D eigenvalue weighted by atomic mass is 10.0. The van der Waals surface area contributed by atoms with Crippen molar-refractivity contribution in [1.82, 2.24) is 50.9 Å². The van der Waals surface area contributed by atoms with Gasteiger partial charge in [0, 0.05) is 19.0 Å². The minimum absolute atomic E-state index is 0.0355. The highest BCUT2D eigenvalue weighted by molar-refractivity contribution is 5.99. The second-order valence-corrected chi connectivity index (χ2v) is 14.0. The highest BCUT2D eigenvalue weighted by Crippen LogP contribution is 2.26. The number of oxazole rings is 2. The Hall–Kier alpha value is -6.65. The standard InChI is InChI=1S/C38H40N10O7/c1-21(2)13-26-33(50)41-22(3)36-46-29(18-54-36)38(53)47-16-24(42-32(49)25-11-7-8-12-30(25)48-20-39-19-40-48)15-31(47)35(52)44-27(14-23-9-5-4-6-10-23)37-45-28(17-55-37)34(51)43-26/h4-12,17-22,24,26-27,31H,13-16H2,1-3H3,(H,41,50)(H,42,49)(H,43,51)(H,44,52)/t22-,24+,26-,27+,31+/m1/s1. The third-order valence-corrected chi connectivity index (χ3v) is 9.47. The lowest BCUT2D eigenvalue weighted by Crippen LogP contribution is -2.48. The summed E-state index contributed by atoms with van der Waals surface area (Å²) in [5, 5.41) is 15.7. The van der Waals surface area contributed by atoms with Crippen LogP contribution in [0.5, 0.6) is 0 Å². The SMILES string of the molecule is CC(C)C[C@H]1NC(=O)c2coc(n2)[C@H](Cc2ccccc2)NC(=O)[C@@H]2C[C@H](NC(=O)c3ccccc3-n3cncn3)CN2C(=O)c2coc(n2)[C@@H](C)NC1=O. The first kappa shape index (κ1) is 36.7. The summed E-state index contributed by atoms with van der Waals surface area (Å²) >= 11 is 0. The lowest BCUT2D eigenvalue weighted by Gasteiger charge is -2.25. The zero-order chi connectivity index (χ0) is 38.6. The van der Waals surface area contributed by atoms with Gasteiger partial charge in [-0.1, -0.05) is 56.3 Å². The van der Waals surface area contributed by atoms with Crippen LogP contribution in [0.25, 0.3) is 5.69 Å².